The number of nitrogens with two attached hydrogens (primary N) is 2. The third-order valence-electron chi connectivity index (χ3n) is 4.85. The van der Waals surface area contributed by atoms with Crippen LogP contribution < -0.4 is 31.3 Å². The summed E-state index contributed by atoms with van der Waals surface area (Å²) in [4.78, 5) is 4.64. The zero-order chi connectivity index (χ0) is 24.9. The van der Waals surface area contributed by atoms with Crippen molar-refractivity contribution in [1.29, 1.82) is 0 Å². The van der Waals surface area contributed by atoms with Gasteiger partial charge in [-0.15, -0.1) is 0 Å². The summed E-state index contributed by atoms with van der Waals surface area (Å²) in [5.41, 5.74) is 5.14. The molecular formula is C27H31N5O3. The maximum atomic E-state index is 5.94. The first kappa shape index (κ1) is 25.3. The lowest BCUT2D eigenvalue weighted by atomic mass is 10.2. The van der Waals surface area contributed by atoms with Crippen molar-refractivity contribution in [3.63, 3.8) is 0 Å². The number of nitrogens with zero attached hydrogens (tertiary/aromatic N) is 2. The molecule has 0 amide bonds. The van der Waals surface area contributed by atoms with Crippen molar-refractivity contribution >= 4 is 16.7 Å². The van der Waals surface area contributed by atoms with Crippen LogP contribution in [0.4, 0.5) is 0 Å². The summed E-state index contributed by atoms with van der Waals surface area (Å²) in [5, 5.41) is 4.60. The van der Waals surface area contributed by atoms with E-state index in [2.05, 4.69) is 21.6 Å². The van der Waals surface area contributed by atoms with Gasteiger partial charge in [0.15, 0.2) is 5.84 Å². The van der Waals surface area contributed by atoms with Gasteiger partial charge in [0.1, 0.15) is 37.1 Å². The zero-order valence-electron chi connectivity index (χ0n) is 20.0. The number of amidine groups is 1. The molecule has 4 rings (SSSR count). The Balaban J connectivity index is 0.00000167. The number of benzene rings is 3. The molecule has 3 aromatic carbocycles. The van der Waals surface area contributed by atoms with Crippen LogP contribution in [0.25, 0.3) is 10.9 Å². The van der Waals surface area contributed by atoms with E-state index in [1.54, 1.807) is 0 Å². The fourth-order valence-corrected chi connectivity index (χ4v) is 3.16. The quantitative estimate of drug-likeness (QED) is 0.141. The molecule has 182 valence electrons. The number of ether oxygens (including phenoxy) is 3. The molecule has 0 radical (unpaired) electrons. The minimum atomic E-state index is 0.142. The Bertz CT molecular complexity index is 1250. The molecule has 0 saturated heterocycles. The smallest absolute Gasteiger partial charge is 0.173 e. The average Bonchev–Trinajstić information content (AvgIpc) is 2.93. The van der Waals surface area contributed by atoms with Crippen molar-refractivity contribution in [2.24, 2.45) is 16.8 Å². The van der Waals surface area contributed by atoms with Crippen molar-refractivity contribution < 1.29 is 14.2 Å². The second kappa shape index (κ2) is 13.4. The van der Waals surface area contributed by atoms with Crippen LogP contribution in [0, 0.1) is 0 Å². The first-order valence-corrected chi connectivity index (χ1v) is 11.4. The third-order valence-corrected chi connectivity index (χ3v) is 4.85. The fourth-order valence-electron chi connectivity index (χ4n) is 3.16. The first-order valence-electron chi connectivity index (χ1n) is 11.4. The molecule has 8 heteroatoms. The van der Waals surface area contributed by atoms with Crippen molar-refractivity contribution in [2.75, 3.05) is 6.61 Å². The normalized spacial score (nSPS) is 10.8. The summed E-state index contributed by atoms with van der Waals surface area (Å²) in [5.74, 6) is 12.9. The average molecular weight is 474 g/mol. The molecule has 35 heavy (non-hydrogen) atoms. The molecule has 1 aromatic heterocycles. The van der Waals surface area contributed by atoms with Gasteiger partial charge >= 0.3 is 0 Å². The highest BCUT2D eigenvalue weighted by atomic mass is 16.5. The van der Waals surface area contributed by atoms with Gasteiger partial charge in [0.05, 0.1) is 11.2 Å². The van der Waals surface area contributed by atoms with Crippen LogP contribution in [0.3, 0.4) is 0 Å². The summed E-state index contributed by atoms with van der Waals surface area (Å²) in [7, 11) is 0. The lowest BCUT2D eigenvalue weighted by Gasteiger charge is -2.11. The van der Waals surface area contributed by atoms with Gasteiger partial charge in [-0.2, -0.15) is 5.10 Å². The Kier molecular flexibility index (Phi) is 9.71. The van der Waals surface area contributed by atoms with E-state index in [-0.39, 0.29) is 6.61 Å². The number of hydrogen-bond acceptors (Lipinski definition) is 7. The number of hydrogen-bond donors (Lipinski definition) is 3. The predicted molar refractivity (Wildman–Crippen MR) is 139 cm³/mol. The highest BCUT2D eigenvalue weighted by Gasteiger charge is 2.04. The molecule has 0 atom stereocenters. The topological polar surface area (TPSA) is 117 Å². The van der Waals surface area contributed by atoms with Crippen LogP contribution >= 0.6 is 0 Å². The first-order chi connectivity index (χ1) is 17.2. The molecule has 0 aliphatic carbocycles. The second-order valence-electron chi connectivity index (χ2n) is 7.20. The van der Waals surface area contributed by atoms with Gasteiger partial charge in [0.25, 0.3) is 0 Å². The Morgan fingerprint density at radius 2 is 1.49 bits per heavy atom. The van der Waals surface area contributed by atoms with Crippen LogP contribution in [-0.4, -0.2) is 17.4 Å². The maximum Gasteiger partial charge on any atom is 0.173 e. The van der Waals surface area contributed by atoms with E-state index in [4.69, 9.17) is 25.9 Å². The molecule has 0 unspecified atom stereocenters. The summed E-state index contributed by atoms with van der Waals surface area (Å²) in [6, 6.07) is 27.1. The number of nitrogens with one attached hydrogen (secondary N) is 1. The highest BCUT2D eigenvalue weighted by Crippen LogP contribution is 2.22. The summed E-state index contributed by atoms with van der Waals surface area (Å²) in [6.45, 7) is 4.89. The number of para-hydroxylation sites is 1. The Hall–Kier alpha value is -4.30. The van der Waals surface area contributed by atoms with Gasteiger partial charge in [-0.1, -0.05) is 56.3 Å². The number of rotatable bonds is 9. The van der Waals surface area contributed by atoms with Crippen LogP contribution in [-0.2, 0) is 13.2 Å². The molecule has 5 N–H and O–H groups in total. The molecule has 0 saturated carbocycles. The molecule has 0 aliphatic heterocycles. The number of fused-ring (bicyclic) bond motifs is 1. The number of aromatic nitrogens is 1. The fraction of sp³-hybridized carbons (Fsp3) is 0.185. The minimum Gasteiger partial charge on any atom is -0.489 e. The monoisotopic (exact) mass is 473 g/mol. The molecule has 1 heterocycles. The lowest BCUT2D eigenvalue weighted by molar-refractivity contribution is 0.287. The third kappa shape index (κ3) is 7.62. The highest BCUT2D eigenvalue weighted by molar-refractivity contribution is 5.82. The van der Waals surface area contributed by atoms with Gasteiger partial charge in [-0.05, 0) is 42.0 Å². The Morgan fingerprint density at radius 1 is 0.800 bits per heavy atom. The van der Waals surface area contributed by atoms with Crippen molar-refractivity contribution in [2.45, 2.75) is 27.1 Å². The van der Waals surface area contributed by atoms with Gasteiger partial charge < -0.3 is 25.5 Å². The van der Waals surface area contributed by atoms with Crippen LogP contribution in [0.1, 0.15) is 25.1 Å². The molecule has 0 fully saturated rings. The summed E-state index contributed by atoms with van der Waals surface area (Å²) in [6.07, 6.45) is 0. The van der Waals surface area contributed by atoms with Crippen molar-refractivity contribution in [1.82, 2.24) is 10.4 Å². The van der Waals surface area contributed by atoms with Crippen molar-refractivity contribution in [3.8, 4) is 17.2 Å². The van der Waals surface area contributed by atoms with Crippen molar-refractivity contribution in [3.05, 3.63) is 96.2 Å². The van der Waals surface area contributed by atoms with Crippen LogP contribution in [0.15, 0.2) is 90.0 Å². The minimum absolute atomic E-state index is 0.142. The van der Waals surface area contributed by atoms with E-state index in [0.29, 0.717) is 36.3 Å². The lowest BCUT2D eigenvalue weighted by Crippen LogP contribution is -2.35. The molecular weight excluding hydrogens is 442 g/mol. The number of hydrazone groups is 1. The summed E-state index contributed by atoms with van der Waals surface area (Å²) < 4.78 is 17.5. The standard InChI is InChI=1S/C25H25N5O3.C2H6/c26-29-25(30-27)17-33-21-7-3-5-18(13-21)15-31-22-8-4-9-23(14-22)32-16-20-12-11-19-6-1-2-10-24(19)28-20;1-2/h1-14H,15-17,26-27H2,(H,29,30);1-2H3. The van der Waals surface area contributed by atoms with E-state index in [0.717, 1.165) is 22.2 Å². The van der Waals surface area contributed by atoms with E-state index >= 15 is 0 Å². The number of pyridine rings is 1. The SMILES string of the molecule is CC.N/N=C(/COc1cccc(COc2cccc(OCc3ccc4ccccc4n3)c2)c1)NN. The largest absolute Gasteiger partial charge is 0.489 e. The Morgan fingerprint density at radius 3 is 2.23 bits per heavy atom. The number of hydrazine groups is 1. The van der Waals surface area contributed by atoms with Crippen LogP contribution in [0.2, 0.25) is 0 Å². The van der Waals surface area contributed by atoms with Gasteiger partial charge in [-0.25, -0.2) is 10.8 Å². The molecule has 0 spiro atoms. The zero-order valence-corrected chi connectivity index (χ0v) is 20.0. The van der Waals surface area contributed by atoms with E-state index in [1.807, 2.05) is 92.7 Å². The van der Waals surface area contributed by atoms with E-state index in [1.165, 1.54) is 0 Å². The second-order valence-corrected chi connectivity index (χ2v) is 7.20. The van der Waals surface area contributed by atoms with Crippen LogP contribution in [0.5, 0.6) is 17.2 Å². The molecule has 8 nitrogen and oxygen atoms in total. The predicted octanol–water partition coefficient (Wildman–Crippen LogP) is 4.53. The van der Waals surface area contributed by atoms with Gasteiger partial charge in [0.2, 0.25) is 0 Å². The van der Waals surface area contributed by atoms with Gasteiger partial charge in [-0.3, -0.25) is 0 Å². The summed E-state index contributed by atoms with van der Waals surface area (Å²) >= 11 is 0. The molecule has 0 aliphatic rings. The Labute approximate surface area is 205 Å². The van der Waals surface area contributed by atoms with E-state index < -0.39 is 0 Å². The van der Waals surface area contributed by atoms with E-state index in [9.17, 15) is 0 Å². The molecule has 0 bridgehead atoms. The maximum absolute atomic E-state index is 5.94. The van der Waals surface area contributed by atoms with Gasteiger partial charge in [0, 0.05) is 11.5 Å². The molecule has 4 aromatic rings.